The molecular weight excluding hydrogens is 490 g/mol. The minimum Gasteiger partial charge on any atom is -0.481 e. The molecule has 37 heavy (non-hydrogen) atoms. The fourth-order valence-electron chi connectivity index (χ4n) is 2.86. The predicted molar refractivity (Wildman–Crippen MR) is 132 cm³/mol. The van der Waals surface area contributed by atoms with Crippen molar-refractivity contribution in [1.29, 1.82) is 0 Å². The smallest absolute Gasteiger partial charge is 0.320 e. The molecule has 1 aromatic heterocycles. The van der Waals surface area contributed by atoms with Crippen molar-refractivity contribution in [3.05, 3.63) is 58.3 Å². The summed E-state index contributed by atoms with van der Waals surface area (Å²) in [6, 6.07) is 8.13. The van der Waals surface area contributed by atoms with Crippen LogP contribution in [0.5, 0.6) is 0 Å². The molecule has 0 saturated carbocycles. The second-order valence-electron chi connectivity index (χ2n) is 7.32. The van der Waals surface area contributed by atoms with Crippen LogP contribution in [0.3, 0.4) is 0 Å². The SMILES string of the molecule is CCOC(=O)CCN(C(=O)c1ccc(NC)c([N+](=O)[O-])c1)c1ccccn1.NC(CCC(=O)O)C(=O)O. The van der Waals surface area contributed by atoms with Gasteiger partial charge < -0.3 is 26.0 Å². The van der Waals surface area contributed by atoms with E-state index in [0.717, 1.165) is 0 Å². The van der Waals surface area contributed by atoms with Gasteiger partial charge in [-0.15, -0.1) is 0 Å². The number of nitro groups is 1. The van der Waals surface area contributed by atoms with E-state index in [-0.39, 0.29) is 43.7 Å². The summed E-state index contributed by atoms with van der Waals surface area (Å²) in [5, 5.41) is 30.2. The maximum Gasteiger partial charge on any atom is 0.320 e. The molecule has 0 aliphatic heterocycles. The van der Waals surface area contributed by atoms with Crippen molar-refractivity contribution in [1.82, 2.24) is 4.98 Å². The molecule has 0 fully saturated rings. The lowest BCUT2D eigenvalue weighted by Gasteiger charge is -2.21. The number of amides is 1. The molecule has 1 atom stereocenters. The van der Waals surface area contributed by atoms with Crippen LogP contribution in [-0.2, 0) is 19.1 Å². The molecule has 14 nitrogen and oxygen atoms in total. The molecule has 14 heteroatoms. The number of pyridine rings is 1. The van der Waals surface area contributed by atoms with Crippen molar-refractivity contribution >= 4 is 41.0 Å². The fourth-order valence-corrected chi connectivity index (χ4v) is 2.86. The van der Waals surface area contributed by atoms with Crippen molar-refractivity contribution in [3.8, 4) is 0 Å². The maximum atomic E-state index is 13.0. The summed E-state index contributed by atoms with van der Waals surface area (Å²) in [7, 11) is 1.56. The van der Waals surface area contributed by atoms with Crippen LogP contribution < -0.4 is 16.0 Å². The number of carboxylic acid groups (broad SMARTS) is 2. The molecule has 0 aliphatic rings. The van der Waals surface area contributed by atoms with E-state index in [9.17, 15) is 29.3 Å². The lowest BCUT2D eigenvalue weighted by molar-refractivity contribution is -0.384. The van der Waals surface area contributed by atoms with Crippen LogP contribution in [0.25, 0.3) is 0 Å². The first kappa shape index (κ1) is 30.4. The number of anilines is 2. The molecule has 2 rings (SSSR count). The zero-order valence-corrected chi connectivity index (χ0v) is 20.3. The monoisotopic (exact) mass is 519 g/mol. The Kier molecular flexibility index (Phi) is 12.7. The average Bonchev–Trinajstić information content (AvgIpc) is 2.87. The maximum absolute atomic E-state index is 13.0. The summed E-state index contributed by atoms with van der Waals surface area (Å²) in [5.74, 6) is -2.79. The average molecular weight is 520 g/mol. The van der Waals surface area contributed by atoms with Gasteiger partial charge in [0.2, 0.25) is 0 Å². The molecule has 5 N–H and O–H groups in total. The van der Waals surface area contributed by atoms with Gasteiger partial charge in [-0.05, 0) is 37.6 Å². The fraction of sp³-hybridized carbons (Fsp3) is 0.348. The van der Waals surface area contributed by atoms with Crippen LogP contribution in [0.4, 0.5) is 17.2 Å². The Balaban J connectivity index is 0.000000580. The molecular formula is C23H29N5O9. The lowest BCUT2D eigenvalue weighted by Crippen LogP contribution is -2.34. The normalized spacial score (nSPS) is 10.8. The van der Waals surface area contributed by atoms with Gasteiger partial charge in [0.15, 0.2) is 0 Å². The molecule has 1 aromatic carbocycles. The van der Waals surface area contributed by atoms with E-state index in [0.29, 0.717) is 11.5 Å². The first-order chi connectivity index (χ1) is 17.5. The van der Waals surface area contributed by atoms with Gasteiger partial charge in [-0.2, -0.15) is 0 Å². The largest absolute Gasteiger partial charge is 0.481 e. The van der Waals surface area contributed by atoms with E-state index in [1.807, 2.05) is 0 Å². The van der Waals surface area contributed by atoms with Gasteiger partial charge in [0.05, 0.1) is 18.0 Å². The summed E-state index contributed by atoms with van der Waals surface area (Å²) < 4.78 is 4.90. The molecule has 0 radical (unpaired) electrons. The van der Waals surface area contributed by atoms with E-state index in [1.54, 1.807) is 32.2 Å². The molecule has 0 aliphatic carbocycles. The van der Waals surface area contributed by atoms with Crippen molar-refractivity contribution in [2.45, 2.75) is 32.2 Å². The molecule has 0 bridgehead atoms. The molecule has 200 valence electrons. The number of nitrogens with two attached hydrogens (primary N) is 1. The summed E-state index contributed by atoms with van der Waals surface area (Å²) >= 11 is 0. The number of benzene rings is 1. The Labute approximate surface area is 212 Å². The summed E-state index contributed by atoms with van der Waals surface area (Å²) in [6.45, 7) is 1.98. The third-order valence-electron chi connectivity index (χ3n) is 4.71. The topological polar surface area (TPSA) is 215 Å². The first-order valence-electron chi connectivity index (χ1n) is 11.1. The van der Waals surface area contributed by atoms with Crippen molar-refractivity contribution in [2.24, 2.45) is 5.73 Å². The summed E-state index contributed by atoms with van der Waals surface area (Å²) in [5.41, 5.74) is 5.21. The van der Waals surface area contributed by atoms with Gasteiger partial charge in [0, 0.05) is 37.8 Å². The Bertz CT molecular complexity index is 1100. The van der Waals surface area contributed by atoms with Gasteiger partial charge in [0.1, 0.15) is 17.5 Å². The Morgan fingerprint density at radius 3 is 2.41 bits per heavy atom. The van der Waals surface area contributed by atoms with Crippen LogP contribution >= 0.6 is 0 Å². The number of aliphatic carboxylic acids is 2. The van der Waals surface area contributed by atoms with Crippen molar-refractivity contribution in [3.63, 3.8) is 0 Å². The van der Waals surface area contributed by atoms with Gasteiger partial charge >= 0.3 is 17.9 Å². The van der Waals surface area contributed by atoms with E-state index in [2.05, 4.69) is 10.3 Å². The van der Waals surface area contributed by atoms with Crippen LogP contribution in [0, 0.1) is 10.1 Å². The molecule has 0 spiro atoms. The number of esters is 1. The Morgan fingerprint density at radius 1 is 1.19 bits per heavy atom. The van der Waals surface area contributed by atoms with E-state index < -0.39 is 34.8 Å². The van der Waals surface area contributed by atoms with Gasteiger partial charge in [0.25, 0.3) is 11.6 Å². The van der Waals surface area contributed by atoms with Crippen LogP contribution in [0.1, 0.15) is 36.5 Å². The third kappa shape index (κ3) is 10.3. The molecule has 0 saturated heterocycles. The highest BCUT2D eigenvalue weighted by Gasteiger charge is 2.23. The number of aromatic nitrogens is 1. The number of carbonyl (C=O) groups excluding carboxylic acids is 2. The highest BCUT2D eigenvalue weighted by molar-refractivity contribution is 6.06. The highest BCUT2D eigenvalue weighted by atomic mass is 16.6. The number of nitrogens with zero attached hydrogens (tertiary/aromatic N) is 3. The van der Waals surface area contributed by atoms with Gasteiger partial charge in [-0.1, -0.05) is 6.07 Å². The zero-order valence-electron chi connectivity index (χ0n) is 20.3. The Morgan fingerprint density at radius 2 is 1.89 bits per heavy atom. The molecule has 1 heterocycles. The second-order valence-corrected chi connectivity index (χ2v) is 7.32. The predicted octanol–water partition coefficient (Wildman–Crippen LogP) is 1.89. The van der Waals surface area contributed by atoms with E-state index in [4.69, 9.17) is 20.7 Å². The second kappa shape index (κ2) is 15.4. The number of ether oxygens (including phenoxy) is 1. The number of hydrogen-bond donors (Lipinski definition) is 4. The van der Waals surface area contributed by atoms with Crippen LogP contribution in [-0.4, -0.2) is 70.2 Å². The minimum atomic E-state index is -1.17. The molecule has 1 unspecified atom stereocenters. The molecule has 1 amide bonds. The summed E-state index contributed by atoms with van der Waals surface area (Å²) in [4.78, 5) is 60.7. The zero-order chi connectivity index (χ0) is 28.0. The number of hydrogen-bond acceptors (Lipinski definition) is 10. The quantitative estimate of drug-likeness (QED) is 0.180. The van der Waals surface area contributed by atoms with Gasteiger partial charge in [-0.3, -0.25) is 34.2 Å². The number of nitro benzene ring substituents is 1. The first-order valence-corrected chi connectivity index (χ1v) is 11.1. The van der Waals surface area contributed by atoms with Crippen molar-refractivity contribution in [2.75, 3.05) is 30.4 Å². The van der Waals surface area contributed by atoms with Crippen LogP contribution in [0.2, 0.25) is 0 Å². The third-order valence-corrected chi connectivity index (χ3v) is 4.71. The lowest BCUT2D eigenvalue weighted by atomic mass is 10.1. The van der Waals surface area contributed by atoms with E-state index >= 15 is 0 Å². The number of carbonyl (C=O) groups is 4. The van der Waals surface area contributed by atoms with Crippen LogP contribution in [0.15, 0.2) is 42.6 Å². The minimum absolute atomic E-state index is 0.0210. The van der Waals surface area contributed by atoms with Gasteiger partial charge in [-0.25, -0.2) is 4.98 Å². The summed E-state index contributed by atoms with van der Waals surface area (Å²) in [6.07, 6.45) is 1.28. The molecule has 2 aromatic rings. The van der Waals surface area contributed by atoms with E-state index in [1.165, 1.54) is 29.3 Å². The number of nitrogens with one attached hydrogen (secondary N) is 1. The Hall–Kier alpha value is -4.59. The van der Waals surface area contributed by atoms with Crippen molar-refractivity contribution < 1.29 is 39.1 Å². The number of carboxylic acids is 2. The highest BCUT2D eigenvalue weighted by Crippen LogP contribution is 2.26. The standard InChI is InChI=1S/C18H20N4O5.C5H9NO4/c1-3-27-17(23)9-11-21(16-6-4-5-10-20-16)18(24)13-7-8-14(19-2)15(12-13)22(25)26;6-3(5(9)10)1-2-4(7)8/h4-8,10,12,19H,3,9,11H2,1-2H3;3H,1-2,6H2,(H,7,8)(H,9,10). The number of rotatable bonds is 12.